The lowest BCUT2D eigenvalue weighted by atomic mass is 10.2. The van der Waals surface area contributed by atoms with Crippen LogP contribution in [0.1, 0.15) is 10.4 Å². The smallest absolute Gasteiger partial charge is 0.335 e. The van der Waals surface area contributed by atoms with Crippen molar-refractivity contribution in [3.05, 3.63) is 48.3 Å². The highest BCUT2D eigenvalue weighted by Gasteiger charge is 2.06. The van der Waals surface area contributed by atoms with Crippen LogP contribution >= 0.6 is 0 Å². The zero-order chi connectivity index (χ0) is 13.2. The highest BCUT2D eigenvalue weighted by Crippen LogP contribution is 2.20. The summed E-state index contributed by atoms with van der Waals surface area (Å²) < 4.78 is 6.96. The number of carbonyl (C=O) groups is 1. The van der Waals surface area contributed by atoms with Gasteiger partial charge in [0.2, 0.25) is 5.88 Å². The van der Waals surface area contributed by atoms with Gasteiger partial charge in [-0.05, 0) is 24.3 Å². The lowest BCUT2D eigenvalue weighted by molar-refractivity contribution is 0.0696. The maximum Gasteiger partial charge on any atom is 0.335 e. The Morgan fingerprint density at radius 2 is 2.16 bits per heavy atom. The van der Waals surface area contributed by atoms with Gasteiger partial charge in [-0.1, -0.05) is 6.07 Å². The normalized spacial score (nSPS) is 10.5. The van der Waals surface area contributed by atoms with Crippen LogP contribution in [0, 0.1) is 0 Å². The SMILES string of the molecule is O=C(O)c1cccc(Oc2ccc3nncn3n2)c1. The number of hydrogen-bond acceptors (Lipinski definition) is 5. The zero-order valence-electron chi connectivity index (χ0n) is 9.59. The molecule has 3 rings (SSSR count). The molecule has 0 bridgehead atoms. The van der Waals surface area contributed by atoms with E-state index in [0.717, 1.165) is 0 Å². The molecule has 7 heteroatoms. The van der Waals surface area contributed by atoms with E-state index in [-0.39, 0.29) is 5.56 Å². The number of aromatic carboxylic acids is 1. The Bertz CT molecular complexity index is 753. The number of aromatic nitrogens is 4. The molecule has 2 heterocycles. The van der Waals surface area contributed by atoms with Crippen LogP contribution in [0.5, 0.6) is 11.6 Å². The topological polar surface area (TPSA) is 89.6 Å². The van der Waals surface area contributed by atoms with E-state index in [1.165, 1.54) is 23.0 Å². The molecule has 94 valence electrons. The van der Waals surface area contributed by atoms with Gasteiger partial charge in [0.25, 0.3) is 0 Å². The lowest BCUT2D eigenvalue weighted by Crippen LogP contribution is -1.98. The van der Waals surface area contributed by atoms with Crippen molar-refractivity contribution in [2.45, 2.75) is 0 Å². The molecule has 0 radical (unpaired) electrons. The second kappa shape index (κ2) is 4.37. The van der Waals surface area contributed by atoms with Gasteiger partial charge >= 0.3 is 5.97 Å². The number of carboxylic acid groups (broad SMARTS) is 1. The van der Waals surface area contributed by atoms with E-state index in [9.17, 15) is 4.79 Å². The number of fused-ring (bicyclic) bond motifs is 1. The summed E-state index contributed by atoms with van der Waals surface area (Å²) in [7, 11) is 0. The summed E-state index contributed by atoms with van der Waals surface area (Å²) in [4.78, 5) is 10.9. The third-order valence-electron chi connectivity index (χ3n) is 2.44. The molecule has 0 amide bonds. The third-order valence-corrected chi connectivity index (χ3v) is 2.44. The van der Waals surface area contributed by atoms with E-state index in [1.807, 2.05) is 0 Å². The Hall–Kier alpha value is -2.96. The maximum absolute atomic E-state index is 10.9. The molecule has 0 atom stereocenters. The van der Waals surface area contributed by atoms with E-state index in [1.54, 1.807) is 24.3 Å². The first-order valence-corrected chi connectivity index (χ1v) is 5.41. The van der Waals surface area contributed by atoms with Crippen LogP contribution in [-0.2, 0) is 0 Å². The molecule has 2 aromatic heterocycles. The summed E-state index contributed by atoms with van der Waals surface area (Å²) in [5.41, 5.74) is 0.759. The molecule has 3 aromatic rings. The fourth-order valence-electron chi connectivity index (χ4n) is 1.58. The molecule has 7 nitrogen and oxygen atoms in total. The fraction of sp³-hybridized carbons (Fsp3) is 0. The van der Waals surface area contributed by atoms with Gasteiger partial charge in [-0.2, -0.15) is 4.52 Å². The molecule has 19 heavy (non-hydrogen) atoms. The molecule has 0 spiro atoms. The van der Waals surface area contributed by atoms with Gasteiger partial charge in [-0.3, -0.25) is 0 Å². The van der Waals surface area contributed by atoms with Crippen LogP contribution in [0.25, 0.3) is 5.65 Å². The van der Waals surface area contributed by atoms with Crippen molar-refractivity contribution >= 4 is 11.6 Å². The summed E-state index contributed by atoms with van der Waals surface area (Å²) >= 11 is 0. The molecule has 0 aliphatic heterocycles. The lowest BCUT2D eigenvalue weighted by Gasteiger charge is -2.05. The highest BCUT2D eigenvalue weighted by atomic mass is 16.5. The number of nitrogens with zero attached hydrogens (tertiary/aromatic N) is 4. The van der Waals surface area contributed by atoms with Crippen molar-refractivity contribution in [2.75, 3.05) is 0 Å². The first kappa shape index (κ1) is 11.1. The molecule has 1 aromatic carbocycles. The van der Waals surface area contributed by atoms with Gasteiger partial charge in [0, 0.05) is 6.07 Å². The molecule has 1 N–H and O–H groups in total. The second-order valence-electron chi connectivity index (χ2n) is 3.74. The van der Waals surface area contributed by atoms with Crippen molar-refractivity contribution in [3.63, 3.8) is 0 Å². The fourth-order valence-corrected chi connectivity index (χ4v) is 1.58. The van der Waals surface area contributed by atoms with Gasteiger partial charge in [-0.15, -0.1) is 15.3 Å². The zero-order valence-corrected chi connectivity index (χ0v) is 9.59. The molecule has 0 saturated heterocycles. The first-order chi connectivity index (χ1) is 9.22. The van der Waals surface area contributed by atoms with E-state index in [0.29, 0.717) is 17.3 Å². The average molecular weight is 256 g/mol. The summed E-state index contributed by atoms with van der Waals surface area (Å²) in [6.07, 6.45) is 1.45. The summed E-state index contributed by atoms with van der Waals surface area (Å²) in [5.74, 6) is -0.276. The van der Waals surface area contributed by atoms with Crippen molar-refractivity contribution < 1.29 is 14.6 Å². The molecule has 0 aliphatic carbocycles. The Morgan fingerprint density at radius 3 is 3.00 bits per heavy atom. The quantitative estimate of drug-likeness (QED) is 0.765. The minimum atomic E-state index is -1.01. The van der Waals surface area contributed by atoms with Crippen LogP contribution in [0.15, 0.2) is 42.7 Å². The van der Waals surface area contributed by atoms with E-state index in [4.69, 9.17) is 9.84 Å². The Balaban J connectivity index is 1.91. The van der Waals surface area contributed by atoms with Gasteiger partial charge < -0.3 is 9.84 Å². The van der Waals surface area contributed by atoms with Crippen LogP contribution in [0.2, 0.25) is 0 Å². The Labute approximate surface area is 107 Å². The van der Waals surface area contributed by atoms with Gasteiger partial charge in [0.05, 0.1) is 5.56 Å². The molecule has 0 unspecified atom stereocenters. The number of rotatable bonds is 3. The van der Waals surface area contributed by atoms with Crippen LogP contribution in [0.3, 0.4) is 0 Å². The molecular formula is C12H8N4O3. The average Bonchev–Trinajstić information content (AvgIpc) is 2.86. The van der Waals surface area contributed by atoms with Crippen LogP contribution in [-0.4, -0.2) is 30.9 Å². The number of ether oxygens (including phenoxy) is 1. The maximum atomic E-state index is 10.9. The predicted molar refractivity (Wildman–Crippen MR) is 64.3 cm³/mol. The largest absolute Gasteiger partial charge is 0.478 e. The predicted octanol–water partition coefficient (Wildman–Crippen LogP) is 1.61. The monoisotopic (exact) mass is 256 g/mol. The molecule has 0 saturated carbocycles. The van der Waals surface area contributed by atoms with Gasteiger partial charge in [0.15, 0.2) is 5.65 Å². The summed E-state index contributed by atoms with van der Waals surface area (Å²) in [5, 5.41) is 20.5. The van der Waals surface area contributed by atoms with Crippen molar-refractivity contribution in [2.24, 2.45) is 0 Å². The highest BCUT2D eigenvalue weighted by molar-refractivity contribution is 5.88. The summed E-state index contributed by atoms with van der Waals surface area (Å²) in [6.45, 7) is 0. The molecule has 0 fully saturated rings. The van der Waals surface area contributed by atoms with E-state index < -0.39 is 5.97 Å². The number of carboxylic acids is 1. The van der Waals surface area contributed by atoms with Crippen LogP contribution < -0.4 is 4.74 Å². The Morgan fingerprint density at radius 1 is 1.26 bits per heavy atom. The Kier molecular flexibility index (Phi) is 2.57. The van der Waals surface area contributed by atoms with Crippen molar-refractivity contribution in [1.82, 2.24) is 19.8 Å². The van der Waals surface area contributed by atoms with E-state index >= 15 is 0 Å². The molecular weight excluding hydrogens is 248 g/mol. The van der Waals surface area contributed by atoms with Crippen molar-refractivity contribution in [3.8, 4) is 11.6 Å². The standard InChI is InChI=1S/C12H8N4O3/c17-12(18)8-2-1-3-9(6-8)19-11-5-4-10-14-13-7-16(10)15-11/h1-7H,(H,17,18). The first-order valence-electron chi connectivity index (χ1n) is 5.41. The van der Waals surface area contributed by atoms with Gasteiger partial charge in [-0.25, -0.2) is 4.79 Å². The summed E-state index contributed by atoms with van der Waals surface area (Å²) in [6, 6.07) is 9.53. The van der Waals surface area contributed by atoms with Crippen molar-refractivity contribution in [1.29, 1.82) is 0 Å². The number of hydrogen-bond donors (Lipinski definition) is 1. The number of benzene rings is 1. The van der Waals surface area contributed by atoms with Gasteiger partial charge in [0.1, 0.15) is 12.1 Å². The van der Waals surface area contributed by atoms with E-state index in [2.05, 4.69) is 15.3 Å². The second-order valence-corrected chi connectivity index (χ2v) is 3.74. The minimum Gasteiger partial charge on any atom is -0.478 e. The van der Waals surface area contributed by atoms with Crippen LogP contribution in [0.4, 0.5) is 0 Å². The minimum absolute atomic E-state index is 0.155. The third kappa shape index (κ3) is 2.21. The molecule has 0 aliphatic rings.